The number of carbonyl (C=O) groups is 7. The molecule has 0 spiro atoms. The van der Waals surface area contributed by atoms with Crippen molar-refractivity contribution in [2.24, 2.45) is 0 Å². The number of hydrogen-bond donors (Lipinski definition) is 4. The summed E-state index contributed by atoms with van der Waals surface area (Å²) in [6.45, 7) is 3.15. The molecule has 6 N–H and O–H groups in total. The Bertz CT molecular complexity index is 2460. The van der Waals surface area contributed by atoms with Crippen LogP contribution in [-0.4, -0.2) is 101 Å². The molecule has 0 aliphatic rings. The van der Waals surface area contributed by atoms with Crippen molar-refractivity contribution in [1.29, 1.82) is 8.21 Å². The Morgan fingerprint density at radius 3 is 1.06 bits per heavy atom. The number of carbonyl (C=O) groups excluding carboxylic acids is 6. The molecule has 0 aromatic heterocycles. The first-order chi connectivity index (χ1) is 38.0. The minimum absolute atomic E-state index is 0. The zero-order valence-corrected chi connectivity index (χ0v) is 40.5. The second-order valence-electron chi connectivity index (χ2n) is 12.1. The summed E-state index contributed by atoms with van der Waals surface area (Å²) in [6, 6.07) is 36.5. The summed E-state index contributed by atoms with van der Waals surface area (Å²) >= 11 is 4.55. The van der Waals surface area contributed by atoms with E-state index in [2.05, 4.69) is 17.1 Å². The average molecular weight is 1000 g/mol. The average Bonchev–Trinajstić information content (AvgIpc) is 3.15. The number of carboxylic acids is 1. The van der Waals surface area contributed by atoms with Gasteiger partial charge in [0, 0.05) is 26.1 Å². The molecular weight excluding hydrogens is 914 g/mol. The van der Waals surface area contributed by atoms with Gasteiger partial charge in [-0.2, -0.15) is 0 Å². The van der Waals surface area contributed by atoms with Crippen molar-refractivity contribution in [3.63, 3.8) is 0 Å². The third kappa shape index (κ3) is 55.1. The molecule has 4 rings (SSSR count). The molecule has 68 heavy (non-hydrogen) atoms. The van der Waals surface area contributed by atoms with Crippen molar-refractivity contribution in [3.8, 4) is 0 Å². The molecular formula is C49H71BClNaO16. The van der Waals surface area contributed by atoms with E-state index in [1.165, 1.54) is 13.8 Å². The van der Waals surface area contributed by atoms with E-state index in [4.69, 9.17) is 53.8 Å². The quantitative estimate of drug-likeness (QED) is 0.0413. The van der Waals surface area contributed by atoms with Crippen LogP contribution in [-0.2, 0) is 78.9 Å². The maximum atomic E-state index is 11.4. The minimum atomic E-state index is -3.00. The van der Waals surface area contributed by atoms with Crippen LogP contribution in [0.2, 0.25) is 0 Å². The van der Waals surface area contributed by atoms with E-state index in [1.807, 2.05) is 60.7 Å². The summed E-state index contributed by atoms with van der Waals surface area (Å²) in [5.74, 6) is -5.23. The van der Waals surface area contributed by atoms with Crippen LogP contribution < -0.4 is 29.6 Å². The summed E-state index contributed by atoms with van der Waals surface area (Å²) in [5, 5.41) is 33.9. The normalized spacial score (nSPS) is 16.2. The first-order valence-corrected chi connectivity index (χ1v) is 18.9. The predicted octanol–water partition coefficient (Wildman–Crippen LogP) is 2.44. The molecule has 0 radical (unpaired) electrons. The smallest absolute Gasteiger partial charge is 0.481 e. The van der Waals surface area contributed by atoms with Gasteiger partial charge in [-0.3, -0.25) is 33.6 Å². The number of aliphatic carboxylic acids is 1. The molecule has 0 aliphatic carbocycles. The van der Waals surface area contributed by atoms with Gasteiger partial charge < -0.3 is 44.9 Å². The predicted molar refractivity (Wildman–Crippen MR) is 261 cm³/mol. The van der Waals surface area contributed by atoms with Gasteiger partial charge in [-0.1, -0.05) is 137 Å². The van der Waals surface area contributed by atoms with Gasteiger partial charge in [-0.25, -0.2) is 5.34 Å². The zero-order chi connectivity index (χ0) is 66.6. The second-order valence-corrected chi connectivity index (χ2v) is 12.5. The number of rotatable bonds is 16. The first-order valence-electron chi connectivity index (χ1n) is 27.6. The number of aliphatic hydroxyl groups is 3. The molecule has 0 bridgehead atoms. The maximum absolute atomic E-state index is 11.4. The summed E-state index contributed by atoms with van der Waals surface area (Å²) in [5.41, 5.74) is 6.11. The van der Waals surface area contributed by atoms with Crippen molar-refractivity contribution >= 4 is 60.7 Å². The summed E-state index contributed by atoms with van der Waals surface area (Å²) in [4.78, 5) is 74.4. The number of benzene rings is 4. The van der Waals surface area contributed by atoms with E-state index in [0.717, 1.165) is 31.9 Å². The number of ketones is 1. The molecule has 16 nitrogen and oxygen atoms in total. The van der Waals surface area contributed by atoms with Crippen LogP contribution in [0.5, 0.6) is 0 Å². The van der Waals surface area contributed by atoms with Crippen molar-refractivity contribution in [3.05, 3.63) is 144 Å². The second kappa shape index (κ2) is 48.2. The topological polar surface area (TPSA) is 269 Å². The van der Waals surface area contributed by atoms with Gasteiger partial charge in [0.05, 0.1) is 41.5 Å². The molecule has 1 unspecified atom stereocenters. The Labute approximate surface area is 454 Å². The Kier molecular flexibility index (Phi) is 30.4. The van der Waals surface area contributed by atoms with Gasteiger partial charge in [-0.05, 0) is 61.5 Å². The fraction of sp³-hybridized carbons (Fsp3) is 0.367. The van der Waals surface area contributed by atoms with Gasteiger partial charge in [0.15, 0.2) is 0 Å². The van der Waals surface area contributed by atoms with Crippen molar-refractivity contribution in [1.82, 2.24) is 0 Å². The molecule has 3 atom stereocenters. The van der Waals surface area contributed by atoms with E-state index in [-0.39, 0.29) is 75.0 Å². The fourth-order valence-corrected chi connectivity index (χ4v) is 3.72. The Hall–Kier alpha value is -5.24. The molecule has 0 heterocycles. The number of Topliss-reactive ketones (excluding diaryl/α,β-unsaturated/α-hetero) is 1. The number of ether oxygens (including phenoxy) is 4. The van der Waals surface area contributed by atoms with E-state index in [1.54, 1.807) is 60.7 Å². The summed E-state index contributed by atoms with van der Waals surface area (Å²) < 4.78 is 136. The Morgan fingerprint density at radius 2 is 0.868 bits per heavy atom. The number of carboxylic acid groups (broad SMARTS) is 1. The first kappa shape index (κ1) is 42.8. The Balaban J connectivity index is -0.000000220. The van der Waals surface area contributed by atoms with E-state index in [9.17, 15) is 43.8 Å². The molecule has 0 aliphatic heterocycles. The van der Waals surface area contributed by atoms with Crippen LogP contribution in [0.4, 0.5) is 0 Å². The molecule has 4 aromatic rings. The monoisotopic (exact) mass is 1000 g/mol. The minimum Gasteiger partial charge on any atom is -0.481 e. The molecule has 0 fully saturated rings. The van der Waals surface area contributed by atoms with E-state index < -0.39 is 81.6 Å². The van der Waals surface area contributed by atoms with Gasteiger partial charge in [-0.15, -0.1) is 0 Å². The van der Waals surface area contributed by atoms with E-state index in [0.29, 0.717) is 17.7 Å². The molecule has 0 saturated heterocycles. The van der Waals surface area contributed by atoms with Crippen LogP contribution in [0.3, 0.4) is 0 Å². The van der Waals surface area contributed by atoms with Gasteiger partial charge in [0.25, 0.3) is 0 Å². The zero-order valence-electron chi connectivity index (χ0n) is 55.7. The molecule has 0 amide bonds. The van der Waals surface area contributed by atoms with Crippen molar-refractivity contribution in [2.75, 3.05) is 0 Å². The van der Waals surface area contributed by atoms with Crippen LogP contribution >= 0.6 is 11.6 Å². The van der Waals surface area contributed by atoms with Gasteiger partial charge >= 0.3 is 59.4 Å². The van der Waals surface area contributed by atoms with Gasteiger partial charge in [0.1, 0.15) is 38.6 Å². The van der Waals surface area contributed by atoms with Crippen LogP contribution in [0.25, 0.3) is 0 Å². The molecule has 0 saturated carbocycles. The van der Waals surface area contributed by atoms with Crippen LogP contribution in [0.15, 0.2) is 121 Å². The van der Waals surface area contributed by atoms with E-state index >= 15 is 0 Å². The Morgan fingerprint density at radius 1 is 0.618 bits per heavy atom. The third-order valence-electron chi connectivity index (χ3n) is 6.20. The molecule has 19 heteroatoms. The maximum Gasteiger partial charge on any atom is 1.00 e. The van der Waals surface area contributed by atoms with Crippen molar-refractivity contribution < 1.29 is 124 Å². The largest absolute Gasteiger partial charge is 1.00 e. The summed E-state index contributed by atoms with van der Waals surface area (Å²) in [6.07, 6.45) is -16.2. The van der Waals surface area contributed by atoms with Crippen LogP contribution in [0.1, 0.15) is 113 Å². The standard InChI is InChI=1S/2C11H14O3.C11H12O3.C9H10O2.C4H8O3.C2H3ClO.CH4.BH4.Na.H2O/c3*1-9(12)7-11(13)14-8-10-5-3-2-4-6-10;1-8(10)11-7-9-5-3-2-4-6-9;1-3(5)2-4(6)7;1-2(3)4;;;;/h2*2-6,9,12H,7-8H2,1H3;2-6H,7-8H2,1H3;2-6H,7H2,1H3;3,5H,2H2,1H3,(H,6,7);1H3;2*1H4;;1H2/q;;;;;;;-1;+1;/t9-;;;;3-;;;;;/m1...1...../s1/i2*7D2,9D;;;2D2,3D;1D3;;1D4;;/hD2. The number of halogens is 1. The van der Waals surface area contributed by atoms with Crippen LogP contribution in [0, 0.1) is 0 Å². The molecule has 4 aromatic carbocycles. The molecule has 374 valence electrons. The SMILES string of the molecule is C.CC(=O)CC(=O)OCc1ccccc1.CC(=O)OCc1ccccc1.[2H]C(C)(O)C([2H])([2H])C(=O)OCc1ccccc1.[2H]C([2H])(C(=O)O)[C@@]([2H])(C)O.[2H]C([2H])(C(=O)OCc1ccccc1)[C@@]([2H])(C)O.[2H]C([2H])([2H])C(=O)Cl.[2H]O[2H].[2H][B-]([2H])([2H])[2H].[Na+]. The fourth-order valence-electron chi connectivity index (χ4n) is 3.72. The third-order valence-corrected chi connectivity index (χ3v) is 6.20. The summed E-state index contributed by atoms with van der Waals surface area (Å²) in [7, 11) is -3.00. The van der Waals surface area contributed by atoms with Gasteiger partial charge in [0.2, 0.25) is 8.10 Å². The van der Waals surface area contributed by atoms with Crippen molar-refractivity contribution in [2.45, 2.75) is 119 Å². The number of esters is 4. The number of hydrogen-bond acceptors (Lipinski definition) is 14.